The van der Waals surface area contributed by atoms with Gasteiger partial charge in [0.05, 0.1) is 9.46 Å². The summed E-state index contributed by atoms with van der Waals surface area (Å²) in [4.78, 5) is 30.3. The molecule has 1 aliphatic heterocycles. The third-order valence-electron chi connectivity index (χ3n) is 4.13. The van der Waals surface area contributed by atoms with Crippen LogP contribution in [-0.4, -0.2) is 16.2 Å². The Morgan fingerprint density at radius 1 is 1.22 bits per heavy atom. The summed E-state index contributed by atoms with van der Waals surface area (Å²) in [5.41, 5.74) is 1.49. The van der Waals surface area contributed by atoms with Gasteiger partial charge >= 0.3 is 0 Å². The number of nitro benzene ring substituents is 1. The Morgan fingerprint density at radius 3 is 2.81 bits per heavy atom. The molecule has 136 valence electrons. The molecule has 27 heavy (non-hydrogen) atoms. The molecule has 0 amide bonds. The number of benzene rings is 2. The van der Waals surface area contributed by atoms with Crippen LogP contribution in [0, 0.1) is 10.1 Å². The van der Waals surface area contributed by atoms with Gasteiger partial charge in [-0.25, -0.2) is 4.99 Å². The number of fused-ring (bicyclic) bond motifs is 1. The highest BCUT2D eigenvalue weighted by Gasteiger charge is 2.17. The van der Waals surface area contributed by atoms with Gasteiger partial charge in [-0.15, -0.1) is 0 Å². The maximum absolute atomic E-state index is 12.8. The minimum atomic E-state index is -0.433. The lowest BCUT2D eigenvalue weighted by Crippen LogP contribution is -2.42. The topological polar surface area (TPSA) is 80.7 Å². The summed E-state index contributed by atoms with van der Waals surface area (Å²) >= 11 is 4.77. The predicted molar refractivity (Wildman–Crippen MR) is 108 cm³/mol. The van der Waals surface area contributed by atoms with Gasteiger partial charge < -0.3 is 4.90 Å². The molecule has 0 N–H and O–H groups in total. The average Bonchev–Trinajstić information content (AvgIpc) is 2.97. The largest absolute Gasteiger partial charge is 0.333 e. The number of aromatic nitrogens is 1. The van der Waals surface area contributed by atoms with Crippen molar-refractivity contribution in [2.45, 2.75) is 6.67 Å². The van der Waals surface area contributed by atoms with E-state index in [1.807, 2.05) is 35.2 Å². The number of non-ortho nitro benzene ring substituents is 1. The molecule has 0 bridgehead atoms. The van der Waals surface area contributed by atoms with Crippen LogP contribution in [0.1, 0.15) is 5.56 Å². The van der Waals surface area contributed by atoms with Gasteiger partial charge in [-0.05, 0) is 29.8 Å². The lowest BCUT2D eigenvalue weighted by atomic mass is 10.2. The fourth-order valence-corrected chi connectivity index (χ4v) is 4.21. The highest BCUT2D eigenvalue weighted by molar-refractivity contribution is 9.10. The maximum atomic E-state index is 12.8. The van der Waals surface area contributed by atoms with Crippen molar-refractivity contribution < 1.29 is 4.92 Å². The Hall–Kier alpha value is -2.78. The van der Waals surface area contributed by atoms with Crippen LogP contribution in [0.15, 0.2) is 62.8 Å². The Labute approximate surface area is 165 Å². The van der Waals surface area contributed by atoms with Crippen molar-refractivity contribution in [2.75, 3.05) is 11.6 Å². The second-order valence-electron chi connectivity index (χ2n) is 5.94. The van der Waals surface area contributed by atoms with Crippen LogP contribution in [0.2, 0.25) is 0 Å². The zero-order chi connectivity index (χ0) is 19.0. The second kappa shape index (κ2) is 7.09. The van der Waals surface area contributed by atoms with Gasteiger partial charge in [0, 0.05) is 22.3 Å². The van der Waals surface area contributed by atoms with Gasteiger partial charge in [0.2, 0.25) is 0 Å². The molecule has 3 aromatic rings. The van der Waals surface area contributed by atoms with Crippen molar-refractivity contribution in [3.05, 3.63) is 88.4 Å². The van der Waals surface area contributed by atoms with E-state index in [4.69, 9.17) is 0 Å². The predicted octanol–water partition coefficient (Wildman–Crippen LogP) is 2.46. The SMILES string of the molecule is O=c1c(=Cc2cccc(Br)c2)sc2n1CN(c1cccc([N+](=O)[O-])c1)CN=2. The standard InChI is InChI=1S/C18H13BrN4O3S/c19-13-4-1-3-12(7-13)8-16-17(24)22-11-21(10-20-18(22)27-16)14-5-2-6-15(9-14)23(25)26/h1-9H,10-11H2. The number of hydrogen-bond acceptors (Lipinski definition) is 6. The summed E-state index contributed by atoms with van der Waals surface area (Å²) in [5.74, 6) is 0. The number of anilines is 1. The van der Waals surface area contributed by atoms with Crippen LogP contribution in [-0.2, 0) is 6.67 Å². The van der Waals surface area contributed by atoms with Gasteiger partial charge in [0.15, 0.2) is 4.80 Å². The molecule has 0 fully saturated rings. The number of thiazole rings is 1. The summed E-state index contributed by atoms with van der Waals surface area (Å²) in [7, 11) is 0. The fourth-order valence-electron chi connectivity index (χ4n) is 2.83. The first-order valence-electron chi connectivity index (χ1n) is 8.02. The molecule has 0 radical (unpaired) electrons. The van der Waals surface area contributed by atoms with Crippen LogP contribution in [0.3, 0.4) is 0 Å². The molecule has 1 aliphatic rings. The first-order chi connectivity index (χ1) is 13.0. The number of nitrogens with zero attached hydrogens (tertiary/aromatic N) is 4. The van der Waals surface area contributed by atoms with Crippen molar-refractivity contribution in [1.82, 2.24) is 4.57 Å². The summed E-state index contributed by atoms with van der Waals surface area (Å²) < 4.78 is 3.14. The molecule has 9 heteroatoms. The number of hydrogen-bond donors (Lipinski definition) is 0. The van der Waals surface area contributed by atoms with E-state index in [0.29, 0.717) is 28.4 Å². The fraction of sp³-hybridized carbons (Fsp3) is 0.111. The molecule has 0 unspecified atom stereocenters. The van der Waals surface area contributed by atoms with Crippen molar-refractivity contribution in [2.24, 2.45) is 4.99 Å². The third kappa shape index (κ3) is 3.56. The summed E-state index contributed by atoms with van der Waals surface area (Å²) in [6, 6.07) is 14.1. The molecule has 1 aromatic heterocycles. The van der Waals surface area contributed by atoms with E-state index in [-0.39, 0.29) is 11.2 Å². The van der Waals surface area contributed by atoms with Gasteiger partial charge in [-0.1, -0.05) is 45.5 Å². The van der Waals surface area contributed by atoms with E-state index in [0.717, 1.165) is 10.0 Å². The van der Waals surface area contributed by atoms with E-state index in [2.05, 4.69) is 20.9 Å². The van der Waals surface area contributed by atoms with Gasteiger partial charge in [0.1, 0.15) is 13.3 Å². The van der Waals surface area contributed by atoms with Gasteiger partial charge in [-0.2, -0.15) is 0 Å². The zero-order valence-electron chi connectivity index (χ0n) is 13.9. The third-order valence-corrected chi connectivity index (χ3v) is 5.67. The summed E-state index contributed by atoms with van der Waals surface area (Å²) in [6.07, 6.45) is 1.84. The van der Waals surface area contributed by atoms with Crippen molar-refractivity contribution >= 4 is 44.7 Å². The highest BCUT2D eigenvalue weighted by atomic mass is 79.9. The maximum Gasteiger partial charge on any atom is 0.271 e. The van der Waals surface area contributed by atoms with E-state index >= 15 is 0 Å². The monoisotopic (exact) mass is 444 g/mol. The lowest BCUT2D eigenvalue weighted by molar-refractivity contribution is -0.384. The van der Waals surface area contributed by atoms with Crippen molar-refractivity contribution in [3.8, 4) is 0 Å². The Balaban J connectivity index is 1.70. The molecular formula is C18H13BrN4O3S. The van der Waals surface area contributed by atoms with Crippen molar-refractivity contribution in [3.63, 3.8) is 0 Å². The molecule has 0 saturated heterocycles. The van der Waals surface area contributed by atoms with E-state index in [9.17, 15) is 14.9 Å². The zero-order valence-corrected chi connectivity index (χ0v) is 16.3. The lowest BCUT2D eigenvalue weighted by Gasteiger charge is -2.25. The molecule has 0 aliphatic carbocycles. The number of nitro groups is 1. The Kier molecular flexibility index (Phi) is 4.63. The second-order valence-corrected chi connectivity index (χ2v) is 7.86. The van der Waals surface area contributed by atoms with Crippen LogP contribution in [0.4, 0.5) is 11.4 Å². The van der Waals surface area contributed by atoms with Crippen LogP contribution < -0.4 is 19.8 Å². The first-order valence-corrected chi connectivity index (χ1v) is 9.63. The van der Waals surface area contributed by atoms with Gasteiger partial charge in [-0.3, -0.25) is 19.5 Å². The average molecular weight is 445 g/mol. The summed E-state index contributed by atoms with van der Waals surface area (Å²) in [5, 5.41) is 11.0. The molecule has 0 atom stereocenters. The molecule has 4 rings (SSSR count). The van der Waals surface area contributed by atoms with Crippen LogP contribution >= 0.6 is 27.3 Å². The molecular weight excluding hydrogens is 432 g/mol. The summed E-state index contributed by atoms with van der Waals surface area (Å²) in [6.45, 7) is 0.652. The smallest absolute Gasteiger partial charge is 0.271 e. The normalized spacial score (nSPS) is 14.0. The highest BCUT2D eigenvalue weighted by Crippen LogP contribution is 2.21. The quantitative estimate of drug-likeness (QED) is 0.458. The minimum Gasteiger partial charge on any atom is -0.333 e. The molecule has 0 saturated carbocycles. The molecule has 2 aromatic carbocycles. The van der Waals surface area contributed by atoms with Crippen molar-refractivity contribution in [1.29, 1.82) is 0 Å². The van der Waals surface area contributed by atoms with E-state index < -0.39 is 4.92 Å². The Bertz CT molecular complexity index is 1220. The number of rotatable bonds is 3. The first kappa shape index (κ1) is 17.6. The van der Waals surface area contributed by atoms with E-state index in [1.165, 1.54) is 23.5 Å². The van der Waals surface area contributed by atoms with E-state index in [1.54, 1.807) is 16.7 Å². The van der Waals surface area contributed by atoms with Gasteiger partial charge in [0.25, 0.3) is 11.2 Å². The number of halogens is 1. The molecule has 2 heterocycles. The Morgan fingerprint density at radius 2 is 2.04 bits per heavy atom. The minimum absolute atomic E-state index is 0.0136. The van der Waals surface area contributed by atoms with Crippen LogP contribution in [0.25, 0.3) is 6.08 Å². The molecule has 7 nitrogen and oxygen atoms in total. The molecule has 0 spiro atoms. The van der Waals surface area contributed by atoms with Crippen LogP contribution in [0.5, 0.6) is 0 Å².